The fraction of sp³-hybridized carbons (Fsp3) is 0.318. The fourth-order valence-corrected chi connectivity index (χ4v) is 3.77. The standard InChI is InChI=1S/C22H24ClN5/c1-14-10-11-17(23)15(2)21(14)27-20-13-19(18-9-5-6-12-24-18)26-22(28-20)25-16-7-3-4-8-16/h5-6,9-13,16H,3-4,7-8H2,1-2H3,(H2,25,26,27,28). The number of aryl methyl sites for hydroxylation is 1. The van der Waals surface area contributed by atoms with E-state index in [1.165, 1.54) is 12.8 Å². The van der Waals surface area contributed by atoms with Gasteiger partial charge in [0.1, 0.15) is 5.82 Å². The lowest BCUT2D eigenvalue weighted by atomic mass is 10.1. The summed E-state index contributed by atoms with van der Waals surface area (Å²) in [7, 11) is 0. The summed E-state index contributed by atoms with van der Waals surface area (Å²) in [6, 6.07) is 12.1. The molecule has 0 bridgehead atoms. The molecule has 0 aliphatic heterocycles. The summed E-state index contributed by atoms with van der Waals surface area (Å²) in [4.78, 5) is 13.9. The fourth-order valence-electron chi connectivity index (χ4n) is 3.62. The Morgan fingerprint density at radius 1 is 1.00 bits per heavy atom. The Balaban J connectivity index is 1.72. The molecule has 1 fully saturated rings. The molecule has 4 rings (SSSR count). The quantitative estimate of drug-likeness (QED) is 0.564. The van der Waals surface area contributed by atoms with E-state index in [0.717, 1.165) is 51.9 Å². The largest absolute Gasteiger partial charge is 0.351 e. The molecule has 0 unspecified atom stereocenters. The molecule has 1 aliphatic rings. The van der Waals surface area contributed by atoms with Crippen LogP contribution < -0.4 is 10.6 Å². The second-order valence-corrected chi connectivity index (χ2v) is 7.70. The number of nitrogens with zero attached hydrogens (tertiary/aromatic N) is 3. The van der Waals surface area contributed by atoms with Crippen molar-refractivity contribution in [2.75, 3.05) is 10.6 Å². The molecule has 1 aromatic carbocycles. The first kappa shape index (κ1) is 18.7. The van der Waals surface area contributed by atoms with Crippen molar-refractivity contribution in [3.63, 3.8) is 0 Å². The van der Waals surface area contributed by atoms with Gasteiger partial charge in [0.25, 0.3) is 0 Å². The smallest absolute Gasteiger partial charge is 0.225 e. The summed E-state index contributed by atoms with van der Waals surface area (Å²) in [5.74, 6) is 1.36. The van der Waals surface area contributed by atoms with Crippen LogP contribution in [-0.4, -0.2) is 21.0 Å². The van der Waals surface area contributed by atoms with E-state index in [0.29, 0.717) is 12.0 Å². The lowest BCUT2D eigenvalue weighted by Gasteiger charge is -2.17. The summed E-state index contributed by atoms with van der Waals surface area (Å²) in [6.07, 6.45) is 6.60. The lowest BCUT2D eigenvalue weighted by molar-refractivity contribution is 0.744. The third-order valence-electron chi connectivity index (χ3n) is 5.20. The first-order chi connectivity index (χ1) is 13.6. The molecule has 2 aromatic heterocycles. The third kappa shape index (κ3) is 4.09. The van der Waals surface area contributed by atoms with Crippen LogP contribution in [0.25, 0.3) is 11.4 Å². The molecular formula is C22H24ClN5. The Morgan fingerprint density at radius 3 is 2.57 bits per heavy atom. The van der Waals surface area contributed by atoms with Crippen LogP contribution in [0.5, 0.6) is 0 Å². The van der Waals surface area contributed by atoms with Gasteiger partial charge in [-0.2, -0.15) is 4.98 Å². The van der Waals surface area contributed by atoms with Crippen LogP contribution in [0.15, 0.2) is 42.6 Å². The number of aromatic nitrogens is 3. The van der Waals surface area contributed by atoms with Crippen LogP contribution in [-0.2, 0) is 0 Å². The highest BCUT2D eigenvalue weighted by Crippen LogP contribution is 2.31. The van der Waals surface area contributed by atoms with Crippen LogP contribution in [0.1, 0.15) is 36.8 Å². The molecule has 0 amide bonds. The van der Waals surface area contributed by atoms with E-state index in [1.54, 1.807) is 6.20 Å². The number of nitrogens with one attached hydrogen (secondary N) is 2. The van der Waals surface area contributed by atoms with Crippen LogP contribution in [0.3, 0.4) is 0 Å². The minimum absolute atomic E-state index is 0.432. The zero-order chi connectivity index (χ0) is 19.5. The summed E-state index contributed by atoms with van der Waals surface area (Å²) in [5.41, 5.74) is 4.71. The van der Waals surface area contributed by atoms with Crippen LogP contribution in [0, 0.1) is 13.8 Å². The van der Waals surface area contributed by atoms with Gasteiger partial charge in [0, 0.05) is 29.0 Å². The van der Waals surface area contributed by atoms with E-state index in [4.69, 9.17) is 21.6 Å². The number of halogens is 1. The number of hydrogen-bond acceptors (Lipinski definition) is 5. The van der Waals surface area contributed by atoms with Crippen molar-refractivity contribution in [3.8, 4) is 11.4 Å². The van der Waals surface area contributed by atoms with Gasteiger partial charge in [-0.05, 0) is 56.0 Å². The molecule has 144 valence electrons. The van der Waals surface area contributed by atoms with E-state index >= 15 is 0 Å². The molecule has 28 heavy (non-hydrogen) atoms. The average molecular weight is 394 g/mol. The van der Waals surface area contributed by atoms with E-state index in [-0.39, 0.29) is 0 Å². The predicted octanol–water partition coefficient (Wildman–Crippen LogP) is 5.91. The van der Waals surface area contributed by atoms with Crippen molar-refractivity contribution in [2.24, 2.45) is 0 Å². The van der Waals surface area contributed by atoms with Crippen molar-refractivity contribution >= 4 is 29.1 Å². The second kappa shape index (κ2) is 8.15. The van der Waals surface area contributed by atoms with Gasteiger partial charge in [0.05, 0.1) is 11.4 Å². The number of anilines is 3. The molecule has 0 saturated heterocycles. The summed E-state index contributed by atoms with van der Waals surface area (Å²) < 4.78 is 0. The maximum Gasteiger partial charge on any atom is 0.225 e. The van der Waals surface area contributed by atoms with Gasteiger partial charge < -0.3 is 10.6 Å². The van der Waals surface area contributed by atoms with Crippen molar-refractivity contribution in [1.29, 1.82) is 0 Å². The van der Waals surface area contributed by atoms with E-state index in [2.05, 4.69) is 22.5 Å². The highest BCUT2D eigenvalue weighted by Gasteiger charge is 2.17. The van der Waals surface area contributed by atoms with Crippen molar-refractivity contribution in [2.45, 2.75) is 45.6 Å². The highest BCUT2D eigenvalue weighted by molar-refractivity contribution is 6.31. The van der Waals surface area contributed by atoms with Gasteiger partial charge in [0.15, 0.2) is 0 Å². The molecule has 5 nitrogen and oxygen atoms in total. The van der Waals surface area contributed by atoms with Crippen LogP contribution >= 0.6 is 11.6 Å². The Hall–Kier alpha value is -2.66. The molecule has 1 saturated carbocycles. The summed E-state index contributed by atoms with van der Waals surface area (Å²) in [6.45, 7) is 4.07. The Bertz CT molecular complexity index is 968. The Kier molecular flexibility index (Phi) is 5.44. The number of rotatable bonds is 5. The van der Waals surface area contributed by atoms with E-state index in [9.17, 15) is 0 Å². The zero-order valence-electron chi connectivity index (χ0n) is 16.2. The average Bonchev–Trinajstić information content (AvgIpc) is 3.22. The molecule has 2 heterocycles. The van der Waals surface area contributed by atoms with Gasteiger partial charge in [-0.15, -0.1) is 0 Å². The Morgan fingerprint density at radius 2 is 1.82 bits per heavy atom. The van der Waals surface area contributed by atoms with Crippen LogP contribution in [0.2, 0.25) is 5.02 Å². The maximum absolute atomic E-state index is 6.33. The van der Waals surface area contributed by atoms with Crippen molar-refractivity contribution in [3.05, 3.63) is 58.7 Å². The topological polar surface area (TPSA) is 62.7 Å². The molecular weight excluding hydrogens is 370 g/mol. The third-order valence-corrected chi connectivity index (χ3v) is 5.61. The van der Waals surface area contributed by atoms with Gasteiger partial charge in [0.2, 0.25) is 5.95 Å². The summed E-state index contributed by atoms with van der Waals surface area (Å²) >= 11 is 6.33. The van der Waals surface area contributed by atoms with Gasteiger partial charge in [-0.3, -0.25) is 4.98 Å². The van der Waals surface area contributed by atoms with Gasteiger partial charge in [-0.1, -0.05) is 36.6 Å². The molecule has 1 aliphatic carbocycles. The van der Waals surface area contributed by atoms with E-state index in [1.807, 2.05) is 43.3 Å². The molecule has 3 aromatic rings. The molecule has 0 spiro atoms. The van der Waals surface area contributed by atoms with Gasteiger partial charge in [-0.25, -0.2) is 4.98 Å². The minimum Gasteiger partial charge on any atom is -0.351 e. The molecule has 0 radical (unpaired) electrons. The van der Waals surface area contributed by atoms with Crippen LogP contribution in [0.4, 0.5) is 17.5 Å². The predicted molar refractivity (Wildman–Crippen MR) is 115 cm³/mol. The molecule has 2 N–H and O–H groups in total. The van der Waals surface area contributed by atoms with Crippen molar-refractivity contribution < 1.29 is 0 Å². The first-order valence-corrected chi connectivity index (χ1v) is 10.1. The Labute approximate surface area is 170 Å². The highest BCUT2D eigenvalue weighted by atomic mass is 35.5. The maximum atomic E-state index is 6.33. The summed E-state index contributed by atoms with van der Waals surface area (Å²) in [5, 5.41) is 7.69. The number of pyridine rings is 1. The number of benzene rings is 1. The molecule has 0 atom stereocenters. The normalized spacial score (nSPS) is 14.2. The van der Waals surface area contributed by atoms with Crippen molar-refractivity contribution in [1.82, 2.24) is 15.0 Å². The molecule has 6 heteroatoms. The SMILES string of the molecule is Cc1ccc(Cl)c(C)c1Nc1cc(-c2ccccn2)nc(NC2CCCC2)n1. The minimum atomic E-state index is 0.432. The zero-order valence-corrected chi connectivity index (χ0v) is 16.9. The first-order valence-electron chi connectivity index (χ1n) is 9.70. The number of hydrogen-bond donors (Lipinski definition) is 2. The lowest BCUT2D eigenvalue weighted by Crippen LogP contribution is -2.17. The monoisotopic (exact) mass is 393 g/mol. The van der Waals surface area contributed by atoms with Gasteiger partial charge >= 0.3 is 0 Å². The van der Waals surface area contributed by atoms with E-state index < -0.39 is 0 Å². The second-order valence-electron chi connectivity index (χ2n) is 7.29.